The molecule has 10 aromatic carbocycles. The van der Waals surface area contributed by atoms with Crippen molar-refractivity contribution < 1.29 is 0 Å². The summed E-state index contributed by atoms with van der Waals surface area (Å²) in [5.41, 5.74) is 8.65. The normalized spacial score (nSPS) is 12.3. The van der Waals surface area contributed by atoms with Crippen molar-refractivity contribution in [2.24, 2.45) is 0 Å². The van der Waals surface area contributed by atoms with Crippen LogP contribution >= 0.6 is 34.0 Å². The minimum Gasteiger partial charge on any atom is -0.308 e. The van der Waals surface area contributed by atoms with Crippen LogP contribution in [-0.2, 0) is 0 Å². The van der Waals surface area contributed by atoms with Crippen LogP contribution in [0.4, 0.5) is 0 Å². The highest BCUT2D eigenvalue weighted by Gasteiger charge is 2.30. The Morgan fingerprint density at radius 1 is 0.286 bits per heavy atom. The summed E-state index contributed by atoms with van der Waals surface area (Å²) in [6.07, 6.45) is 0. The Morgan fingerprint density at radius 2 is 0.600 bits per heavy atom. The van der Waals surface area contributed by atoms with E-state index in [1.165, 1.54) is 60.5 Å². The third-order valence-electron chi connectivity index (χ3n) is 14.7. The monoisotopic (exact) mass is 941 g/mol. The summed E-state index contributed by atoms with van der Waals surface area (Å²) in [6.45, 7) is 0. The second-order valence-corrected chi connectivity index (χ2v) is 21.3. The number of aromatic nitrogens is 3. The van der Waals surface area contributed by atoms with Gasteiger partial charge in [0.2, 0.25) is 0 Å². The van der Waals surface area contributed by atoms with E-state index >= 15 is 0 Å². The molecule has 322 valence electrons. The first-order valence-electron chi connectivity index (χ1n) is 23.2. The van der Waals surface area contributed by atoms with Crippen LogP contribution in [0.5, 0.6) is 0 Å². The number of thiophene rings is 3. The first-order valence-corrected chi connectivity index (χ1v) is 25.7. The second-order valence-electron chi connectivity index (χ2n) is 18.1. The zero-order valence-corrected chi connectivity index (χ0v) is 39.3. The van der Waals surface area contributed by atoms with Crippen LogP contribution in [0.1, 0.15) is 11.1 Å². The van der Waals surface area contributed by atoms with Gasteiger partial charge in [0.15, 0.2) is 0 Å². The molecule has 0 saturated heterocycles. The molecule has 16 aromatic rings. The number of nitrogens with zero attached hydrogens (tertiary/aromatic N) is 5. The van der Waals surface area contributed by atoms with Crippen molar-refractivity contribution in [2.45, 2.75) is 0 Å². The SMILES string of the molecule is N#Cc1c(-n2c3ccccc3c3c4c(ccc32)sc2ccccc24)cc(-n2c3ccccc3c3c4c(ccc32)sc2ccccc24)c(C#N)c1-n1c2ccccc2c2c3c(ccc21)sc1ccccc13. The zero-order chi connectivity index (χ0) is 45.9. The predicted octanol–water partition coefficient (Wildman–Crippen LogP) is 17.8. The summed E-state index contributed by atoms with van der Waals surface area (Å²) in [7, 11) is 0. The van der Waals surface area contributed by atoms with E-state index in [-0.39, 0.29) is 0 Å². The van der Waals surface area contributed by atoms with Crippen molar-refractivity contribution in [2.75, 3.05) is 0 Å². The molecule has 0 N–H and O–H groups in total. The molecular weight excluding hydrogens is 911 g/mol. The number of hydrogen-bond acceptors (Lipinski definition) is 5. The summed E-state index contributed by atoms with van der Waals surface area (Å²) in [5, 5.41) is 38.0. The summed E-state index contributed by atoms with van der Waals surface area (Å²) in [6, 6.07) is 72.6. The summed E-state index contributed by atoms with van der Waals surface area (Å²) >= 11 is 5.41. The van der Waals surface area contributed by atoms with Crippen LogP contribution < -0.4 is 0 Å². The maximum absolute atomic E-state index is 12.0. The number of rotatable bonds is 3. The van der Waals surface area contributed by atoms with Gasteiger partial charge in [-0.15, -0.1) is 34.0 Å². The summed E-state index contributed by atoms with van der Waals surface area (Å²) in [5.74, 6) is 0. The quantitative estimate of drug-likeness (QED) is 0.177. The van der Waals surface area contributed by atoms with Gasteiger partial charge in [0.1, 0.15) is 23.3 Å². The number of para-hydroxylation sites is 3. The number of hydrogen-bond donors (Lipinski definition) is 0. The molecule has 0 unspecified atom stereocenters. The van der Waals surface area contributed by atoms with Gasteiger partial charge in [0.25, 0.3) is 0 Å². The maximum Gasteiger partial charge on any atom is 0.104 e. The minimum atomic E-state index is 0.420. The van der Waals surface area contributed by atoms with Crippen molar-refractivity contribution in [1.29, 1.82) is 10.5 Å². The minimum absolute atomic E-state index is 0.420. The van der Waals surface area contributed by atoms with Gasteiger partial charge < -0.3 is 13.7 Å². The van der Waals surface area contributed by atoms with Crippen molar-refractivity contribution in [3.63, 3.8) is 0 Å². The molecule has 0 atom stereocenters. The fourth-order valence-electron chi connectivity index (χ4n) is 12.0. The number of benzene rings is 10. The molecule has 0 aliphatic rings. The Morgan fingerprint density at radius 3 is 0.971 bits per heavy atom. The van der Waals surface area contributed by atoms with E-state index in [0.717, 1.165) is 65.4 Å². The predicted molar refractivity (Wildman–Crippen MR) is 298 cm³/mol. The Labute approximate surface area is 409 Å². The van der Waals surface area contributed by atoms with Gasteiger partial charge in [-0.1, -0.05) is 109 Å². The van der Waals surface area contributed by atoms with Gasteiger partial charge in [0.05, 0.1) is 50.2 Å². The van der Waals surface area contributed by atoms with Crippen LogP contribution in [-0.4, -0.2) is 13.7 Å². The lowest BCUT2D eigenvalue weighted by Gasteiger charge is -2.21. The standard InChI is InChI=1S/C62H31N5S3/c63-32-40-48(65-42-19-7-1-13-34(42)56-45(65)25-28-53-59(56)37-16-4-10-22-50(37)68-53)31-49(66-43-20-8-2-14-35(43)57-46(66)26-29-54-60(57)38-17-5-11-23-51(38)69-54)41(33-64)62(40)67-44-21-9-3-15-36(44)58-47(67)27-30-55-61(58)39-18-6-12-24-52(39)70-55/h1-31H. The molecule has 5 nitrogen and oxygen atoms in total. The Balaban J connectivity index is 1.14. The average molecular weight is 942 g/mol. The average Bonchev–Trinajstić information content (AvgIpc) is 4.26. The highest BCUT2D eigenvalue weighted by molar-refractivity contribution is 7.26. The van der Waals surface area contributed by atoms with Gasteiger partial charge >= 0.3 is 0 Å². The van der Waals surface area contributed by atoms with E-state index in [2.05, 4.69) is 214 Å². The van der Waals surface area contributed by atoms with Crippen LogP contribution in [0, 0.1) is 22.7 Å². The van der Waals surface area contributed by atoms with Gasteiger partial charge in [0, 0.05) is 92.8 Å². The lowest BCUT2D eigenvalue weighted by Crippen LogP contribution is -2.11. The van der Waals surface area contributed by atoms with Crippen LogP contribution in [0.25, 0.3) is 143 Å². The van der Waals surface area contributed by atoms with Crippen LogP contribution in [0.3, 0.4) is 0 Å². The van der Waals surface area contributed by atoms with E-state index in [1.54, 1.807) is 11.3 Å². The fraction of sp³-hybridized carbons (Fsp3) is 0. The first kappa shape index (κ1) is 38.2. The highest BCUT2D eigenvalue weighted by atomic mass is 32.1. The van der Waals surface area contributed by atoms with Crippen molar-refractivity contribution >= 4 is 160 Å². The molecule has 70 heavy (non-hydrogen) atoms. The molecule has 0 spiro atoms. The summed E-state index contributed by atoms with van der Waals surface area (Å²) in [4.78, 5) is 0. The van der Waals surface area contributed by atoms with E-state index in [1.807, 2.05) is 22.7 Å². The van der Waals surface area contributed by atoms with Gasteiger partial charge in [-0.05, 0) is 78.9 Å². The highest BCUT2D eigenvalue weighted by Crippen LogP contribution is 2.50. The van der Waals surface area contributed by atoms with E-state index in [9.17, 15) is 10.5 Å². The number of nitriles is 2. The Hall–Kier alpha value is -8.76. The lowest BCUT2D eigenvalue weighted by molar-refractivity contribution is 1.07. The Kier molecular flexibility index (Phi) is 7.60. The molecule has 0 radical (unpaired) electrons. The van der Waals surface area contributed by atoms with E-state index in [0.29, 0.717) is 28.2 Å². The molecule has 0 amide bonds. The summed E-state index contributed by atoms with van der Waals surface area (Å²) < 4.78 is 14.1. The molecular formula is C62H31N5S3. The molecule has 16 rings (SSSR count). The maximum atomic E-state index is 12.0. The first-order chi connectivity index (χ1) is 34.7. The molecule has 0 aliphatic heterocycles. The molecule has 8 heteroatoms. The molecule has 0 saturated carbocycles. The molecule has 0 bridgehead atoms. The third-order valence-corrected chi connectivity index (χ3v) is 18.1. The smallest absolute Gasteiger partial charge is 0.104 e. The zero-order valence-electron chi connectivity index (χ0n) is 36.9. The Bertz CT molecular complexity index is 4890. The van der Waals surface area contributed by atoms with Crippen molar-refractivity contribution in [3.05, 3.63) is 199 Å². The topological polar surface area (TPSA) is 62.4 Å². The molecule has 0 aliphatic carbocycles. The van der Waals surface area contributed by atoms with Crippen LogP contribution in [0.15, 0.2) is 188 Å². The molecule has 6 aromatic heterocycles. The largest absolute Gasteiger partial charge is 0.308 e. The lowest BCUT2D eigenvalue weighted by atomic mass is 10.0. The van der Waals surface area contributed by atoms with E-state index in [4.69, 9.17) is 0 Å². The molecule has 0 fully saturated rings. The van der Waals surface area contributed by atoms with Crippen molar-refractivity contribution in [1.82, 2.24) is 13.7 Å². The van der Waals surface area contributed by atoms with Crippen LogP contribution in [0.2, 0.25) is 0 Å². The van der Waals surface area contributed by atoms with Gasteiger partial charge in [-0.2, -0.15) is 10.5 Å². The van der Waals surface area contributed by atoms with Gasteiger partial charge in [-0.3, -0.25) is 0 Å². The van der Waals surface area contributed by atoms with Gasteiger partial charge in [-0.25, -0.2) is 0 Å². The fourth-order valence-corrected chi connectivity index (χ4v) is 15.4. The van der Waals surface area contributed by atoms with Crippen molar-refractivity contribution in [3.8, 4) is 29.2 Å². The second kappa shape index (κ2) is 13.9. The molecule has 6 heterocycles. The van der Waals surface area contributed by atoms with E-state index < -0.39 is 0 Å². The number of fused-ring (bicyclic) bond motifs is 21. The third kappa shape index (κ3) is 4.82.